The Morgan fingerprint density at radius 3 is 2.38 bits per heavy atom. The molecular weight excluding hydrogens is 465 g/mol. The lowest BCUT2D eigenvalue weighted by Gasteiger charge is -2.28. The minimum Gasteiger partial charge on any atom is -0.207 e. The Balaban J connectivity index is 2.50. The van der Waals surface area contributed by atoms with E-state index in [4.69, 9.17) is 23.2 Å². The summed E-state index contributed by atoms with van der Waals surface area (Å²) in [6, 6.07) is 3.05. The third-order valence-corrected chi connectivity index (χ3v) is 7.61. The topological polar surface area (TPSA) is 37.4 Å². The molecule has 0 radical (unpaired) electrons. The molecule has 8 heteroatoms. The molecule has 1 aromatic rings. The van der Waals surface area contributed by atoms with Crippen LogP contribution < -0.4 is 0 Å². The lowest BCUT2D eigenvalue weighted by molar-refractivity contribution is 0.347. The van der Waals surface area contributed by atoms with Gasteiger partial charge in [0.2, 0.25) is 10.0 Å². The first-order valence-electron chi connectivity index (χ1n) is 6.60. The van der Waals surface area contributed by atoms with Crippen molar-refractivity contribution < 1.29 is 8.42 Å². The zero-order chi connectivity index (χ0) is 15.6. The van der Waals surface area contributed by atoms with Crippen molar-refractivity contribution in [2.45, 2.75) is 36.6 Å². The minimum absolute atomic E-state index is 0.00174. The van der Waals surface area contributed by atoms with Crippen LogP contribution in [0.4, 0.5) is 0 Å². The van der Waals surface area contributed by atoms with E-state index in [1.807, 2.05) is 0 Å². The zero-order valence-corrected chi connectivity index (χ0v) is 16.7. The van der Waals surface area contributed by atoms with Crippen molar-refractivity contribution in [3.63, 3.8) is 0 Å². The van der Waals surface area contributed by atoms with Gasteiger partial charge in [0.15, 0.2) is 0 Å². The molecule has 2 rings (SSSR count). The monoisotopic (exact) mass is 477 g/mol. The second kappa shape index (κ2) is 7.49. The van der Waals surface area contributed by atoms with E-state index in [0.717, 1.165) is 25.7 Å². The van der Waals surface area contributed by atoms with Gasteiger partial charge < -0.3 is 0 Å². The normalized spacial score (nSPS) is 21.2. The highest BCUT2D eigenvalue weighted by atomic mass is 79.9. The van der Waals surface area contributed by atoms with Gasteiger partial charge in [-0.15, -0.1) is 0 Å². The molecule has 21 heavy (non-hydrogen) atoms. The van der Waals surface area contributed by atoms with Gasteiger partial charge in [0.1, 0.15) is 4.90 Å². The van der Waals surface area contributed by atoms with E-state index in [9.17, 15) is 8.42 Å². The molecule has 1 atom stereocenters. The molecule has 1 unspecified atom stereocenters. The second-order valence-electron chi connectivity index (χ2n) is 4.97. The van der Waals surface area contributed by atoms with Crippen molar-refractivity contribution in [3.8, 4) is 0 Å². The molecular formula is C13H15Br2Cl2NO2S. The van der Waals surface area contributed by atoms with Gasteiger partial charge in [-0.25, -0.2) is 8.42 Å². The number of benzene rings is 1. The Morgan fingerprint density at radius 2 is 1.81 bits per heavy atom. The maximum Gasteiger partial charge on any atom is 0.246 e. The van der Waals surface area contributed by atoms with Gasteiger partial charge in [-0.3, -0.25) is 0 Å². The van der Waals surface area contributed by atoms with Gasteiger partial charge >= 0.3 is 0 Å². The smallest absolute Gasteiger partial charge is 0.207 e. The summed E-state index contributed by atoms with van der Waals surface area (Å²) in [5.74, 6) is 0. The molecule has 3 nitrogen and oxygen atoms in total. The third kappa shape index (κ3) is 3.96. The number of sulfonamides is 1. The summed E-state index contributed by atoms with van der Waals surface area (Å²) < 4.78 is 28.2. The number of halogens is 4. The van der Waals surface area contributed by atoms with Crippen LogP contribution in [0.2, 0.25) is 10.0 Å². The molecule has 1 aromatic carbocycles. The Hall–Kier alpha value is 0.670. The molecule has 0 amide bonds. The fraction of sp³-hybridized carbons (Fsp3) is 0.538. The van der Waals surface area contributed by atoms with Crippen LogP contribution in [0.3, 0.4) is 0 Å². The predicted octanol–water partition coefficient (Wildman–Crippen LogP) is 5.08. The summed E-state index contributed by atoms with van der Waals surface area (Å²) in [7, 11) is -3.71. The number of alkyl halides is 1. The van der Waals surface area contributed by atoms with Crippen molar-refractivity contribution in [2.75, 3.05) is 11.9 Å². The van der Waals surface area contributed by atoms with Gasteiger partial charge in [0.25, 0.3) is 0 Å². The number of nitrogens with zero attached hydrogens (tertiary/aromatic N) is 1. The average Bonchev–Trinajstić information content (AvgIpc) is 2.62. The molecule has 0 spiro atoms. The number of hydrogen-bond acceptors (Lipinski definition) is 2. The number of rotatable bonds is 3. The van der Waals surface area contributed by atoms with Crippen LogP contribution in [0.25, 0.3) is 0 Å². The Labute approximate surface area is 152 Å². The molecule has 1 heterocycles. The van der Waals surface area contributed by atoms with E-state index in [1.165, 1.54) is 4.31 Å². The summed E-state index contributed by atoms with van der Waals surface area (Å²) in [6.07, 6.45) is 3.77. The van der Waals surface area contributed by atoms with Gasteiger partial charge in [0, 0.05) is 22.4 Å². The molecule has 0 aromatic heterocycles. The average molecular weight is 480 g/mol. The van der Waals surface area contributed by atoms with Crippen molar-refractivity contribution in [3.05, 3.63) is 26.7 Å². The predicted molar refractivity (Wildman–Crippen MR) is 94.1 cm³/mol. The fourth-order valence-corrected chi connectivity index (χ4v) is 6.96. The third-order valence-electron chi connectivity index (χ3n) is 3.53. The summed E-state index contributed by atoms with van der Waals surface area (Å²) in [6.45, 7) is 0.501. The summed E-state index contributed by atoms with van der Waals surface area (Å²) in [4.78, 5) is 0.00174. The van der Waals surface area contributed by atoms with Crippen molar-refractivity contribution in [2.24, 2.45) is 0 Å². The molecule has 1 aliphatic rings. The van der Waals surface area contributed by atoms with E-state index in [2.05, 4.69) is 31.9 Å². The quantitative estimate of drug-likeness (QED) is 0.566. The van der Waals surface area contributed by atoms with Crippen LogP contribution >= 0.6 is 55.1 Å². The first kappa shape index (κ1) is 18.0. The second-order valence-corrected chi connectivity index (χ2v) is 9.18. The molecule has 0 N–H and O–H groups in total. The van der Waals surface area contributed by atoms with Crippen LogP contribution in [-0.4, -0.2) is 30.6 Å². The van der Waals surface area contributed by atoms with Crippen molar-refractivity contribution in [1.29, 1.82) is 0 Å². The van der Waals surface area contributed by atoms with Crippen LogP contribution in [0, 0.1) is 0 Å². The summed E-state index contributed by atoms with van der Waals surface area (Å²) in [5, 5.41) is 0.900. The van der Waals surface area contributed by atoms with E-state index >= 15 is 0 Å². The van der Waals surface area contributed by atoms with Crippen LogP contribution in [0.15, 0.2) is 21.5 Å². The van der Waals surface area contributed by atoms with Gasteiger partial charge in [0.05, 0.1) is 10.0 Å². The molecule has 1 saturated heterocycles. The maximum absolute atomic E-state index is 13.0. The van der Waals surface area contributed by atoms with Crippen molar-refractivity contribution >= 4 is 65.1 Å². The van der Waals surface area contributed by atoms with E-state index in [-0.39, 0.29) is 21.0 Å². The lowest BCUT2D eigenvalue weighted by Crippen LogP contribution is -2.41. The molecule has 0 saturated carbocycles. The first-order valence-corrected chi connectivity index (χ1v) is 10.7. The van der Waals surface area contributed by atoms with Crippen LogP contribution in [0.1, 0.15) is 25.7 Å². The minimum atomic E-state index is -3.71. The molecule has 0 bridgehead atoms. The van der Waals surface area contributed by atoms with Crippen LogP contribution in [0.5, 0.6) is 0 Å². The molecule has 118 valence electrons. The lowest BCUT2D eigenvalue weighted by atomic mass is 10.1. The van der Waals surface area contributed by atoms with E-state index < -0.39 is 10.0 Å². The van der Waals surface area contributed by atoms with Crippen LogP contribution in [-0.2, 0) is 10.0 Å². The Bertz CT molecular complexity index is 602. The fourth-order valence-electron chi connectivity index (χ4n) is 2.51. The maximum atomic E-state index is 13.0. The van der Waals surface area contributed by atoms with E-state index in [0.29, 0.717) is 16.3 Å². The van der Waals surface area contributed by atoms with Gasteiger partial charge in [-0.05, 0) is 25.0 Å². The summed E-state index contributed by atoms with van der Waals surface area (Å²) >= 11 is 19.0. The summed E-state index contributed by atoms with van der Waals surface area (Å²) in [5.41, 5.74) is 0. The van der Waals surface area contributed by atoms with Gasteiger partial charge in [-0.2, -0.15) is 4.31 Å². The Morgan fingerprint density at radius 1 is 1.19 bits per heavy atom. The largest absolute Gasteiger partial charge is 0.246 e. The van der Waals surface area contributed by atoms with E-state index in [1.54, 1.807) is 12.1 Å². The number of hydrogen-bond donors (Lipinski definition) is 0. The van der Waals surface area contributed by atoms with Crippen molar-refractivity contribution in [1.82, 2.24) is 4.31 Å². The highest BCUT2D eigenvalue weighted by Gasteiger charge is 2.34. The molecule has 0 aliphatic carbocycles. The SMILES string of the molecule is O=S(=O)(c1c(Cl)cc(Br)cc1Cl)N1CCCCCC1CBr. The standard InChI is InChI=1S/C13H15Br2Cl2NO2S/c14-8-10-4-2-1-3-5-18(10)21(19,20)13-11(16)6-9(15)7-12(13)17/h6-7,10H,1-5,8H2. The molecule has 1 fully saturated rings. The molecule has 1 aliphatic heterocycles. The van der Waals surface area contributed by atoms with Gasteiger partial charge in [-0.1, -0.05) is 67.9 Å². The highest BCUT2D eigenvalue weighted by Crippen LogP contribution is 2.36. The first-order chi connectivity index (χ1) is 9.87. The Kier molecular flexibility index (Phi) is 6.43. The highest BCUT2D eigenvalue weighted by molar-refractivity contribution is 9.10. The zero-order valence-electron chi connectivity index (χ0n) is 11.2.